The van der Waals surface area contributed by atoms with Crippen molar-refractivity contribution in [1.82, 2.24) is 4.90 Å². The second kappa shape index (κ2) is 5.20. The zero-order valence-electron chi connectivity index (χ0n) is 10.1. The predicted octanol–water partition coefficient (Wildman–Crippen LogP) is 3.04. The van der Waals surface area contributed by atoms with Crippen molar-refractivity contribution in [2.75, 3.05) is 12.4 Å². The second-order valence-electron chi connectivity index (χ2n) is 5.38. The monoisotopic (exact) mass is 231 g/mol. The Bertz CT molecular complexity index is 220. The van der Waals surface area contributed by atoms with Crippen molar-refractivity contribution in [3.63, 3.8) is 0 Å². The number of carbonyl (C=O) groups excluding carboxylic acids is 1. The molecule has 0 aromatic carbocycles. The van der Waals surface area contributed by atoms with Crippen molar-refractivity contribution >= 4 is 17.5 Å². The molecule has 3 heteroatoms. The number of likely N-dealkylation sites (tertiary alicyclic amines) is 1. The fourth-order valence-electron chi connectivity index (χ4n) is 2.12. The highest BCUT2D eigenvalue weighted by molar-refractivity contribution is 6.17. The van der Waals surface area contributed by atoms with E-state index in [-0.39, 0.29) is 11.3 Å². The standard InChI is InChI=1S/C12H22ClNO/c1-12(2,3)11(15)14-9-5-4-6-10(14)7-8-13/h10H,4-9H2,1-3H3. The lowest BCUT2D eigenvalue weighted by molar-refractivity contribution is -0.143. The van der Waals surface area contributed by atoms with Gasteiger partial charge in [0.2, 0.25) is 5.91 Å². The molecule has 1 aliphatic heterocycles. The highest BCUT2D eigenvalue weighted by Crippen LogP contribution is 2.26. The van der Waals surface area contributed by atoms with Gasteiger partial charge in [-0.15, -0.1) is 11.6 Å². The van der Waals surface area contributed by atoms with Crippen LogP contribution in [0.3, 0.4) is 0 Å². The van der Waals surface area contributed by atoms with Gasteiger partial charge in [-0.05, 0) is 25.7 Å². The van der Waals surface area contributed by atoms with Crippen molar-refractivity contribution in [1.29, 1.82) is 0 Å². The smallest absolute Gasteiger partial charge is 0.228 e. The molecule has 1 atom stereocenters. The topological polar surface area (TPSA) is 20.3 Å². The summed E-state index contributed by atoms with van der Waals surface area (Å²) < 4.78 is 0. The van der Waals surface area contributed by atoms with Gasteiger partial charge in [-0.3, -0.25) is 4.79 Å². The fourth-order valence-corrected chi connectivity index (χ4v) is 2.38. The molecule has 1 amide bonds. The first-order valence-corrected chi connectivity index (χ1v) is 6.37. The van der Waals surface area contributed by atoms with Crippen LogP contribution in [0.5, 0.6) is 0 Å². The minimum atomic E-state index is -0.262. The summed E-state index contributed by atoms with van der Waals surface area (Å²) in [5.74, 6) is 0.927. The van der Waals surface area contributed by atoms with E-state index in [0.717, 1.165) is 25.8 Å². The first kappa shape index (κ1) is 12.8. The molecule has 1 saturated heterocycles. The lowest BCUT2D eigenvalue weighted by atomic mass is 9.91. The zero-order chi connectivity index (χ0) is 11.5. The average molecular weight is 232 g/mol. The summed E-state index contributed by atoms with van der Waals surface area (Å²) in [6.45, 7) is 6.88. The number of alkyl halides is 1. The van der Waals surface area contributed by atoms with Crippen LogP contribution in [0.25, 0.3) is 0 Å². The van der Waals surface area contributed by atoms with E-state index >= 15 is 0 Å². The van der Waals surface area contributed by atoms with Crippen molar-refractivity contribution in [2.45, 2.75) is 52.5 Å². The zero-order valence-corrected chi connectivity index (χ0v) is 10.8. The normalized spacial score (nSPS) is 22.9. The molecular formula is C12H22ClNO. The Hall–Kier alpha value is -0.240. The molecule has 0 aromatic rings. The van der Waals surface area contributed by atoms with Crippen LogP contribution in [-0.2, 0) is 4.79 Å². The highest BCUT2D eigenvalue weighted by Gasteiger charge is 2.32. The summed E-state index contributed by atoms with van der Waals surface area (Å²) in [7, 11) is 0. The maximum Gasteiger partial charge on any atom is 0.228 e. The number of halogens is 1. The Morgan fingerprint density at radius 3 is 2.60 bits per heavy atom. The number of hydrogen-bond acceptors (Lipinski definition) is 1. The molecule has 1 fully saturated rings. The summed E-state index contributed by atoms with van der Waals surface area (Å²) in [4.78, 5) is 14.2. The van der Waals surface area contributed by atoms with Crippen LogP contribution >= 0.6 is 11.6 Å². The SMILES string of the molecule is CC(C)(C)C(=O)N1CCCCC1CCCl. The molecule has 2 nitrogen and oxygen atoms in total. The molecule has 0 saturated carbocycles. The Morgan fingerprint density at radius 2 is 2.07 bits per heavy atom. The third kappa shape index (κ3) is 3.37. The van der Waals surface area contributed by atoms with E-state index in [1.165, 1.54) is 6.42 Å². The summed E-state index contributed by atoms with van der Waals surface area (Å²) in [6.07, 6.45) is 4.42. The van der Waals surface area contributed by atoms with Crippen LogP contribution in [0.1, 0.15) is 46.5 Å². The Morgan fingerprint density at radius 1 is 1.40 bits per heavy atom. The van der Waals surface area contributed by atoms with Crippen LogP contribution in [-0.4, -0.2) is 29.3 Å². The van der Waals surface area contributed by atoms with Gasteiger partial charge >= 0.3 is 0 Å². The van der Waals surface area contributed by atoms with Gasteiger partial charge in [-0.1, -0.05) is 20.8 Å². The van der Waals surface area contributed by atoms with E-state index in [1.807, 2.05) is 25.7 Å². The maximum absolute atomic E-state index is 12.2. The average Bonchev–Trinajstić information content (AvgIpc) is 2.17. The molecule has 0 aromatic heterocycles. The van der Waals surface area contributed by atoms with Gasteiger partial charge in [-0.2, -0.15) is 0 Å². The van der Waals surface area contributed by atoms with Gasteiger partial charge in [0.05, 0.1) is 0 Å². The Balaban J connectivity index is 2.67. The highest BCUT2D eigenvalue weighted by atomic mass is 35.5. The second-order valence-corrected chi connectivity index (χ2v) is 5.75. The van der Waals surface area contributed by atoms with Crippen molar-refractivity contribution in [3.8, 4) is 0 Å². The number of amides is 1. The maximum atomic E-state index is 12.2. The van der Waals surface area contributed by atoms with Crippen LogP contribution in [0.2, 0.25) is 0 Å². The van der Waals surface area contributed by atoms with E-state index in [4.69, 9.17) is 11.6 Å². The van der Waals surface area contributed by atoms with Crippen LogP contribution in [0.15, 0.2) is 0 Å². The minimum absolute atomic E-state index is 0.262. The predicted molar refractivity (Wildman–Crippen MR) is 64.1 cm³/mol. The number of nitrogens with zero attached hydrogens (tertiary/aromatic N) is 1. The molecule has 1 rings (SSSR count). The molecule has 0 spiro atoms. The third-order valence-electron chi connectivity index (χ3n) is 2.97. The number of hydrogen-bond donors (Lipinski definition) is 0. The van der Waals surface area contributed by atoms with Crippen molar-refractivity contribution in [3.05, 3.63) is 0 Å². The lowest BCUT2D eigenvalue weighted by Crippen LogP contribution is -2.48. The molecule has 88 valence electrons. The van der Waals surface area contributed by atoms with Gasteiger partial charge in [0.15, 0.2) is 0 Å². The van der Waals surface area contributed by atoms with Gasteiger partial charge in [0.25, 0.3) is 0 Å². The summed E-state index contributed by atoms with van der Waals surface area (Å²) in [5, 5.41) is 0. The number of carbonyl (C=O) groups is 1. The van der Waals surface area contributed by atoms with Crippen molar-refractivity contribution < 1.29 is 4.79 Å². The molecule has 0 bridgehead atoms. The molecule has 15 heavy (non-hydrogen) atoms. The molecular weight excluding hydrogens is 210 g/mol. The van der Waals surface area contributed by atoms with Crippen molar-refractivity contribution in [2.24, 2.45) is 5.41 Å². The molecule has 0 radical (unpaired) electrons. The van der Waals surface area contributed by atoms with Crippen LogP contribution < -0.4 is 0 Å². The van der Waals surface area contributed by atoms with Gasteiger partial charge in [-0.25, -0.2) is 0 Å². The van der Waals surface area contributed by atoms with E-state index in [9.17, 15) is 4.79 Å². The molecule has 0 N–H and O–H groups in total. The first-order valence-electron chi connectivity index (χ1n) is 5.84. The quantitative estimate of drug-likeness (QED) is 0.669. The molecule has 1 aliphatic rings. The lowest BCUT2D eigenvalue weighted by Gasteiger charge is -2.39. The van der Waals surface area contributed by atoms with Crippen LogP contribution in [0.4, 0.5) is 0 Å². The van der Waals surface area contributed by atoms with E-state index in [1.54, 1.807) is 0 Å². The fraction of sp³-hybridized carbons (Fsp3) is 0.917. The first-order chi connectivity index (χ1) is 6.96. The number of piperidine rings is 1. The summed E-state index contributed by atoms with van der Waals surface area (Å²) >= 11 is 5.78. The van der Waals surface area contributed by atoms with E-state index in [2.05, 4.69) is 0 Å². The van der Waals surface area contributed by atoms with Gasteiger partial charge in [0, 0.05) is 23.9 Å². The van der Waals surface area contributed by atoms with E-state index in [0.29, 0.717) is 11.9 Å². The van der Waals surface area contributed by atoms with Gasteiger partial charge in [0.1, 0.15) is 0 Å². The minimum Gasteiger partial charge on any atom is -0.339 e. The Kier molecular flexibility index (Phi) is 4.45. The van der Waals surface area contributed by atoms with Crippen LogP contribution in [0, 0.1) is 5.41 Å². The summed E-state index contributed by atoms with van der Waals surface area (Å²) in [6, 6.07) is 0.378. The largest absolute Gasteiger partial charge is 0.339 e. The molecule has 0 aliphatic carbocycles. The molecule has 1 unspecified atom stereocenters. The van der Waals surface area contributed by atoms with Gasteiger partial charge < -0.3 is 4.90 Å². The number of rotatable bonds is 2. The third-order valence-corrected chi connectivity index (χ3v) is 3.19. The van der Waals surface area contributed by atoms with E-state index < -0.39 is 0 Å². The summed E-state index contributed by atoms with van der Waals surface area (Å²) in [5.41, 5.74) is -0.262. The molecule has 1 heterocycles. The Labute approximate surface area is 98.0 Å².